The topological polar surface area (TPSA) is 0 Å². The van der Waals surface area contributed by atoms with Gasteiger partial charge in [-0.1, -0.05) is 41.5 Å². The monoisotopic (exact) mass is 260 g/mol. The van der Waals surface area contributed by atoms with Crippen LogP contribution in [0.15, 0.2) is 0 Å². The second-order valence-electron chi connectivity index (χ2n) is 7.26. The summed E-state index contributed by atoms with van der Waals surface area (Å²) in [5, 5.41) is 0. The minimum atomic E-state index is 0.495. The molecular formula is C14H28S2. The molecule has 16 heavy (non-hydrogen) atoms. The molecule has 0 nitrogen and oxygen atoms in total. The lowest BCUT2D eigenvalue weighted by atomic mass is 9.83. The van der Waals surface area contributed by atoms with E-state index in [-0.39, 0.29) is 0 Å². The summed E-state index contributed by atoms with van der Waals surface area (Å²) in [6.45, 7) is 14.2. The third kappa shape index (κ3) is 5.35. The van der Waals surface area contributed by atoms with Crippen LogP contribution in [0.25, 0.3) is 0 Å². The molecule has 1 rings (SSSR count). The van der Waals surface area contributed by atoms with E-state index in [4.69, 9.17) is 0 Å². The molecule has 2 heteroatoms. The van der Waals surface area contributed by atoms with Crippen molar-refractivity contribution in [3.05, 3.63) is 0 Å². The van der Waals surface area contributed by atoms with Crippen LogP contribution in [0.5, 0.6) is 0 Å². The molecule has 0 radical (unpaired) electrons. The van der Waals surface area contributed by atoms with E-state index in [0.717, 1.165) is 10.5 Å². The van der Waals surface area contributed by atoms with Gasteiger partial charge in [0.2, 0.25) is 0 Å². The molecule has 0 spiro atoms. The van der Waals surface area contributed by atoms with Crippen molar-refractivity contribution in [2.75, 3.05) is 11.5 Å². The maximum Gasteiger partial charge on any atom is 0.0502 e. The van der Waals surface area contributed by atoms with Gasteiger partial charge in [-0.15, -0.1) is 23.5 Å². The molecule has 0 saturated carbocycles. The van der Waals surface area contributed by atoms with Gasteiger partial charge in [-0.3, -0.25) is 0 Å². The van der Waals surface area contributed by atoms with Crippen LogP contribution in [0, 0.1) is 16.7 Å². The summed E-state index contributed by atoms with van der Waals surface area (Å²) in [6, 6.07) is 0. The van der Waals surface area contributed by atoms with Crippen LogP contribution in [0.3, 0.4) is 0 Å². The lowest BCUT2D eigenvalue weighted by Gasteiger charge is -2.36. The van der Waals surface area contributed by atoms with E-state index in [0.29, 0.717) is 10.8 Å². The average molecular weight is 261 g/mol. The van der Waals surface area contributed by atoms with E-state index in [9.17, 15) is 0 Å². The smallest absolute Gasteiger partial charge is 0.0502 e. The number of hydrogen-bond donors (Lipinski definition) is 0. The van der Waals surface area contributed by atoms with Crippen LogP contribution < -0.4 is 0 Å². The van der Waals surface area contributed by atoms with Crippen molar-refractivity contribution in [1.82, 2.24) is 0 Å². The molecule has 0 atom stereocenters. The van der Waals surface area contributed by atoms with Crippen molar-refractivity contribution in [3.63, 3.8) is 0 Å². The van der Waals surface area contributed by atoms with Crippen LogP contribution in [-0.2, 0) is 0 Å². The SMILES string of the molecule is CC(C)(C)CCC1SCC(C(C)(C)C)CS1. The third-order valence-electron chi connectivity index (χ3n) is 3.32. The molecule has 0 unspecified atom stereocenters. The van der Waals surface area contributed by atoms with E-state index >= 15 is 0 Å². The van der Waals surface area contributed by atoms with Crippen molar-refractivity contribution >= 4 is 23.5 Å². The van der Waals surface area contributed by atoms with Gasteiger partial charge in [0.05, 0.1) is 4.58 Å². The first-order valence-corrected chi connectivity index (χ1v) is 8.51. The normalized spacial score (nSPS) is 28.1. The van der Waals surface area contributed by atoms with Gasteiger partial charge in [0.15, 0.2) is 0 Å². The number of rotatable bonds is 2. The van der Waals surface area contributed by atoms with E-state index < -0.39 is 0 Å². The highest BCUT2D eigenvalue weighted by atomic mass is 32.2. The van der Waals surface area contributed by atoms with Gasteiger partial charge in [-0.05, 0) is 41.1 Å². The second kappa shape index (κ2) is 5.56. The van der Waals surface area contributed by atoms with Gasteiger partial charge in [-0.2, -0.15) is 0 Å². The van der Waals surface area contributed by atoms with Crippen molar-refractivity contribution in [3.8, 4) is 0 Å². The van der Waals surface area contributed by atoms with Gasteiger partial charge in [-0.25, -0.2) is 0 Å². The Hall–Kier alpha value is 0.700. The Kier molecular flexibility index (Phi) is 5.13. The highest BCUT2D eigenvalue weighted by molar-refractivity contribution is 8.17. The molecule has 0 N–H and O–H groups in total. The van der Waals surface area contributed by atoms with E-state index in [1.54, 1.807) is 0 Å². The maximum atomic E-state index is 2.38. The summed E-state index contributed by atoms with van der Waals surface area (Å²) in [6.07, 6.45) is 2.74. The predicted molar refractivity (Wildman–Crippen MR) is 80.3 cm³/mol. The van der Waals surface area contributed by atoms with Crippen molar-refractivity contribution in [2.24, 2.45) is 16.7 Å². The van der Waals surface area contributed by atoms with Crippen LogP contribution in [0.1, 0.15) is 54.4 Å². The molecule has 0 amide bonds. The molecule has 0 aromatic rings. The van der Waals surface area contributed by atoms with Crippen molar-refractivity contribution in [2.45, 2.75) is 59.0 Å². The second-order valence-corrected chi connectivity index (χ2v) is 10.0. The Labute approximate surface area is 111 Å². The molecule has 1 fully saturated rings. The fourth-order valence-corrected chi connectivity index (χ4v) is 5.46. The first-order chi connectivity index (χ1) is 7.18. The van der Waals surface area contributed by atoms with E-state index in [2.05, 4.69) is 65.1 Å². The van der Waals surface area contributed by atoms with Gasteiger partial charge >= 0.3 is 0 Å². The number of hydrogen-bond acceptors (Lipinski definition) is 2. The average Bonchev–Trinajstić information content (AvgIpc) is 2.13. The van der Waals surface area contributed by atoms with E-state index in [1.165, 1.54) is 24.3 Å². The molecule has 1 heterocycles. The molecule has 1 aliphatic heterocycles. The van der Waals surface area contributed by atoms with Crippen LogP contribution >= 0.6 is 23.5 Å². The van der Waals surface area contributed by atoms with Gasteiger partial charge in [0, 0.05) is 0 Å². The summed E-state index contributed by atoms with van der Waals surface area (Å²) in [5.41, 5.74) is 0.997. The fourth-order valence-electron chi connectivity index (χ4n) is 1.76. The van der Waals surface area contributed by atoms with Crippen LogP contribution in [-0.4, -0.2) is 16.1 Å². The Morgan fingerprint density at radius 3 is 1.81 bits per heavy atom. The lowest BCUT2D eigenvalue weighted by molar-refractivity contribution is 0.292. The quantitative estimate of drug-likeness (QED) is 0.662. The summed E-state index contributed by atoms with van der Waals surface area (Å²) in [5.74, 6) is 3.63. The summed E-state index contributed by atoms with van der Waals surface area (Å²) in [4.78, 5) is 0. The Bertz CT molecular complexity index is 202. The minimum Gasteiger partial charge on any atom is -0.147 e. The summed E-state index contributed by atoms with van der Waals surface area (Å²) in [7, 11) is 0. The largest absolute Gasteiger partial charge is 0.147 e. The number of thioether (sulfide) groups is 2. The standard InChI is InChI=1S/C14H28S2/c1-13(2,3)8-7-12-15-9-11(10-16-12)14(4,5)6/h11-12H,7-10H2,1-6H3. The van der Waals surface area contributed by atoms with Gasteiger partial charge < -0.3 is 0 Å². The molecular weight excluding hydrogens is 232 g/mol. The predicted octanol–water partition coefficient (Wildman–Crippen LogP) is 5.28. The zero-order valence-corrected chi connectivity index (χ0v) is 13.4. The Morgan fingerprint density at radius 1 is 0.938 bits per heavy atom. The van der Waals surface area contributed by atoms with Crippen molar-refractivity contribution in [1.29, 1.82) is 0 Å². The minimum absolute atomic E-state index is 0.495. The summed E-state index contributed by atoms with van der Waals surface area (Å²) >= 11 is 4.40. The molecule has 1 saturated heterocycles. The molecule has 96 valence electrons. The highest BCUT2D eigenvalue weighted by Crippen LogP contribution is 2.43. The van der Waals surface area contributed by atoms with Crippen LogP contribution in [0.2, 0.25) is 0 Å². The van der Waals surface area contributed by atoms with Gasteiger partial charge in [0.25, 0.3) is 0 Å². The zero-order chi connectivity index (χ0) is 12.4. The first kappa shape index (κ1) is 14.8. The molecule has 0 aromatic carbocycles. The summed E-state index contributed by atoms with van der Waals surface area (Å²) < 4.78 is 0.859. The molecule has 1 aliphatic rings. The van der Waals surface area contributed by atoms with Gasteiger partial charge in [0.1, 0.15) is 0 Å². The Morgan fingerprint density at radius 2 is 1.44 bits per heavy atom. The Balaban J connectivity index is 2.28. The lowest BCUT2D eigenvalue weighted by Crippen LogP contribution is -2.29. The fraction of sp³-hybridized carbons (Fsp3) is 1.00. The zero-order valence-electron chi connectivity index (χ0n) is 11.8. The highest BCUT2D eigenvalue weighted by Gasteiger charge is 2.30. The van der Waals surface area contributed by atoms with Crippen LogP contribution in [0.4, 0.5) is 0 Å². The van der Waals surface area contributed by atoms with Crippen molar-refractivity contribution < 1.29 is 0 Å². The molecule has 0 aliphatic carbocycles. The third-order valence-corrected chi connectivity index (χ3v) is 6.54. The van der Waals surface area contributed by atoms with E-state index in [1.807, 2.05) is 0 Å². The first-order valence-electron chi connectivity index (χ1n) is 6.42. The maximum absolute atomic E-state index is 2.38. The molecule has 0 aromatic heterocycles. The molecule has 0 bridgehead atoms.